The maximum Gasteiger partial charge on any atom is 0.262 e. The summed E-state index contributed by atoms with van der Waals surface area (Å²) in [6, 6.07) is 8.27. The second-order valence-electron chi connectivity index (χ2n) is 7.55. The molecular weight excluding hydrogens is 342 g/mol. The maximum atomic E-state index is 12.4. The number of ether oxygens (including phenoxy) is 1. The number of likely N-dealkylation sites (tertiary alicyclic amines) is 1. The fraction of sp³-hybridized carbons (Fsp3) is 0.450. The molecule has 1 atom stereocenters. The fourth-order valence-electron chi connectivity index (χ4n) is 3.37. The summed E-state index contributed by atoms with van der Waals surface area (Å²) in [4.78, 5) is 22.3. The number of rotatable bonds is 5. The first-order chi connectivity index (χ1) is 12.9. The van der Waals surface area contributed by atoms with Crippen molar-refractivity contribution in [1.29, 1.82) is 0 Å². The van der Waals surface area contributed by atoms with Gasteiger partial charge < -0.3 is 9.72 Å². The number of aromatic amines is 1. The predicted octanol–water partition coefficient (Wildman–Crippen LogP) is 2.83. The zero-order valence-electron chi connectivity index (χ0n) is 16.1. The number of aryl methyl sites for hydroxylation is 1. The molecule has 27 heavy (non-hydrogen) atoms. The molecule has 0 saturated carbocycles. The number of aromatic nitrogens is 4. The first kappa shape index (κ1) is 17.7. The van der Waals surface area contributed by atoms with Crippen molar-refractivity contribution >= 4 is 11.0 Å². The maximum absolute atomic E-state index is 12.4. The van der Waals surface area contributed by atoms with Gasteiger partial charge in [-0.25, -0.2) is 9.67 Å². The Balaban J connectivity index is 1.47. The zero-order chi connectivity index (χ0) is 19.1. The summed E-state index contributed by atoms with van der Waals surface area (Å²) in [7, 11) is 0. The number of nitrogens with one attached hydrogen (secondary N) is 1. The molecule has 3 heterocycles. The topological polar surface area (TPSA) is 76.0 Å². The summed E-state index contributed by atoms with van der Waals surface area (Å²) in [6.07, 6.45) is 1.75. The molecule has 0 radical (unpaired) electrons. The molecule has 1 N–H and O–H groups in total. The largest absolute Gasteiger partial charge is 0.488 e. The molecule has 1 saturated heterocycles. The molecule has 7 heteroatoms. The predicted molar refractivity (Wildman–Crippen MR) is 104 cm³/mol. The van der Waals surface area contributed by atoms with E-state index in [1.807, 2.05) is 26.0 Å². The van der Waals surface area contributed by atoms with Gasteiger partial charge in [-0.2, -0.15) is 5.10 Å². The van der Waals surface area contributed by atoms with E-state index in [9.17, 15) is 4.79 Å². The molecule has 1 aromatic carbocycles. The van der Waals surface area contributed by atoms with Crippen LogP contribution in [-0.4, -0.2) is 43.8 Å². The Hall–Kier alpha value is -2.67. The quantitative estimate of drug-likeness (QED) is 0.750. The number of nitrogens with zero attached hydrogens (tertiary/aromatic N) is 4. The van der Waals surface area contributed by atoms with Gasteiger partial charge in [0.1, 0.15) is 23.1 Å². The highest BCUT2D eigenvalue weighted by Gasteiger charge is 2.33. The van der Waals surface area contributed by atoms with Gasteiger partial charge in [0, 0.05) is 19.1 Å². The number of fused-ring (bicyclic) bond motifs is 1. The molecule has 1 aliphatic heterocycles. The van der Waals surface area contributed by atoms with Gasteiger partial charge in [-0.1, -0.05) is 17.7 Å². The Morgan fingerprint density at radius 2 is 1.89 bits per heavy atom. The molecule has 1 fully saturated rings. The second kappa shape index (κ2) is 6.81. The average Bonchev–Trinajstić information content (AvgIpc) is 3.03. The Labute approximate surface area is 158 Å². The van der Waals surface area contributed by atoms with Crippen molar-refractivity contribution in [3.8, 4) is 5.75 Å². The van der Waals surface area contributed by atoms with E-state index in [0.29, 0.717) is 16.9 Å². The molecule has 7 nitrogen and oxygen atoms in total. The molecule has 0 bridgehead atoms. The number of hydrogen-bond donors (Lipinski definition) is 1. The van der Waals surface area contributed by atoms with Gasteiger partial charge >= 0.3 is 0 Å². The van der Waals surface area contributed by atoms with Crippen LogP contribution < -0.4 is 10.3 Å². The van der Waals surface area contributed by atoms with Gasteiger partial charge in [0.2, 0.25) is 0 Å². The smallest absolute Gasteiger partial charge is 0.262 e. The Kier molecular flexibility index (Phi) is 4.47. The monoisotopic (exact) mass is 367 g/mol. The lowest BCUT2D eigenvalue weighted by Gasteiger charge is -2.42. The third-order valence-corrected chi connectivity index (χ3v) is 5.11. The minimum atomic E-state index is -0.137. The Bertz CT molecular complexity index is 999. The molecule has 1 unspecified atom stereocenters. The average molecular weight is 367 g/mol. The summed E-state index contributed by atoms with van der Waals surface area (Å²) < 4.78 is 7.80. The number of hydrogen-bond acceptors (Lipinski definition) is 5. The van der Waals surface area contributed by atoms with Crippen molar-refractivity contribution in [1.82, 2.24) is 24.6 Å². The first-order valence-corrected chi connectivity index (χ1v) is 9.37. The molecule has 3 aromatic rings. The highest BCUT2D eigenvalue weighted by Crippen LogP contribution is 2.26. The molecule has 0 aliphatic carbocycles. The summed E-state index contributed by atoms with van der Waals surface area (Å²) >= 11 is 0. The van der Waals surface area contributed by atoms with Crippen LogP contribution in [0.4, 0.5) is 0 Å². The van der Waals surface area contributed by atoms with Crippen molar-refractivity contribution < 1.29 is 4.74 Å². The molecular formula is C20H25N5O2. The molecule has 2 aromatic heterocycles. The van der Waals surface area contributed by atoms with E-state index in [2.05, 4.69) is 41.0 Å². The van der Waals surface area contributed by atoms with E-state index in [-0.39, 0.29) is 23.7 Å². The molecule has 0 amide bonds. The summed E-state index contributed by atoms with van der Waals surface area (Å²) in [5.74, 6) is 1.57. The second-order valence-corrected chi connectivity index (χ2v) is 7.55. The zero-order valence-corrected chi connectivity index (χ0v) is 16.1. The van der Waals surface area contributed by atoms with Crippen molar-refractivity contribution in [2.24, 2.45) is 0 Å². The Morgan fingerprint density at radius 1 is 1.19 bits per heavy atom. The standard InChI is InChI=1S/C20H25N5O2/c1-12(2)25-19-17(9-21-25)20(26)23-18(22-19)14(4)24-10-16(11-24)27-15-7-5-13(3)6-8-15/h5-9,12,14,16H,10-11H2,1-4H3,(H,22,23,26). The fourth-order valence-corrected chi connectivity index (χ4v) is 3.37. The van der Waals surface area contributed by atoms with Crippen LogP contribution in [0.3, 0.4) is 0 Å². The summed E-state index contributed by atoms with van der Waals surface area (Å²) in [5.41, 5.74) is 1.72. The first-order valence-electron chi connectivity index (χ1n) is 9.37. The van der Waals surface area contributed by atoms with Gasteiger partial charge in [0.15, 0.2) is 5.65 Å². The van der Waals surface area contributed by atoms with Gasteiger partial charge in [-0.3, -0.25) is 9.69 Å². The number of benzene rings is 1. The molecule has 142 valence electrons. The van der Waals surface area contributed by atoms with E-state index >= 15 is 0 Å². The number of H-pyrrole nitrogens is 1. The van der Waals surface area contributed by atoms with Gasteiger partial charge in [-0.05, 0) is 39.8 Å². The normalized spacial score (nSPS) is 16.6. The van der Waals surface area contributed by atoms with E-state index in [4.69, 9.17) is 9.72 Å². The van der Waals surface area contributed by atoms with Crippen LogP contribution in [0, 0.1) is 6.92 Å². The van der Waals surface area contributed by atoms with Crippen LogP contribution in [-0.2, 0) is 0 Å². The lowest BCUT2D eigenvalue weighted by molar-refractivity contribution is -0.00735. The van der Waals surface area contributed by atoms with E-state index < -0.39 is 0 Å². The van der Waals surface area contributed by atoms with E-state index in [1.54, 1.807) is 10.9 Å². The molecule has 1 aliphatic rings. The van der Waals surface area contributed by atoms with Crippen LogP contribution in [0.5, 0.6) is 5.75 Å². The van der Waals surface area contributed by atoms with Crippen molar-refractivity contribution in [2.75, 3.05) is 13.1 Å². The lowest BCUT2D eigenvalue weighted by Crippen LogP contribution is -2.54. The lowest BCUT2D eigenvalue weighted by atomic mass is 10.1. The van der Waals surface area contributed by atoms with Crippen LogP contribution in [0.15, 0.2) is 35.3 Å². The van der Waals surface area contributed by atoms with Crippen LogP contribution >= 0.6 is 0 Å². The van der Waals surface area contributed by atoms with Crippen molar-refractivity contribution in [2.45, 2.75) is 45.9 Å². The van der Waals surface area contributed by atoms with Gasteiger partial charge in [0.05, 0.1) is 12.2 Å². The third-order valence-electron chi connectivity index (χ3n) is 5.11. The summed E-state index contributed by atoms with van der Waals surface area (Å²) in [6.45, 7) is 9.79. The minimum absolute atomic E-state index is 0.00970. The van der Waals surface area contributed by atoms with Gasteiger partial charge in [-0.15, -0.1) is 0 Å². The van der Waals surface area contributed by atoms with Crippen molar-refractivity contribution in [3.63, 3.8) is 0 Å². The Morgan fingerprint density at radius 3 is 2.56 bits per heavy atom. The SMILES string of the molecule is Cc1ccc(OC2CN(C(C)c3nc4c(cnn4C(C)C)c(=O)[nH]3)C2)cc1. The van der Waals surface area contributed by atoms with E-state index in [0.717, 1.165) is 18.8 Å². The summed E-state index contributed by atoms with van der Waals surface area (Å²) in [5, 5.41) is 4.83. The highest BCUT2D eigenvalue weighted by atomic mass is 16.5. The van der Waals surface area contributed by atoms with Crippen LogP contribution in [0.2, 0.25) is 0 Å². The third kappa shape index (κ3) is 3.35. The van der Waals surface area contributed by atoms with Crippen LogP contribution in [0.25, 0.3) is 11.0 Å². The minimum Gasteiger partial charge on any atom is -0.488 e. The van der Waals surface area contributed by atoms with Gasteiger partial charge in [0.25, 0.3) is 5.56 Å². The van der Waals surface area contributed by atoms with Crippen molar-refractivity contribution in [3.05, 3.63) is 52.2 Å². The van der Waals surface area contributed by atoms with E-state index in [1.165, 1.54) is 5.56 Å². The highest BCUT2D eigenvalue weighted by molar-refractivity contribution is 5.73. The molecule has 4 rings (SSSR count). The van der Waals surface area contributed by atoms with Crippen LogP contribution in [0.1, 0.15) is 44.2 Å². The molecule has 0 spiro atoms.